The Morgan fingerprint density at radius 2 is 2.16 bits per heavy atom. The third kappa shape index (κ3) is 3.08. The molecule has 0 bridgehead atoms. The van der Waals surface area contributed by atoms with Crippen LogP contribution in [-0.4, -0.2) is 33.9 Å². The number of nitrogens with zero attached hydrogens (tertiary/aromatic N) is 4. The van der Waals surface area contributed by atoms with E-state index in [0.29, 0.717) is 0 Å². The summed E-state index contributed by atoms with van der Waals surface area (Å²) in [5, 5.41) is 11.8. The monoisotopic (exact) mass is 261 g/mol. The first-order valence-electron chi connectivity index (χ1n) is 6.34. The molecule has 6 heteroatoms. The zero-order valence-electron chi connectivity index (χ0n) is 11.3. The molecule has 0 fully saturated rings. The van der Waals surface area contributed by atoms with E-state index in [4.69, 9.17) is 10.5 Å². The number of hydrogen-bond donors (Lipinski definition) is 1. The van der Waals surface area contributed by atoms with Crippen LogP contribution in [0.4, 0.5) is 5.69 Å². The van der Waals surface area contributed by atoms with Gasteiger partial charge < -0.3 is 10.5 Å². The molecule has 0 atom stereocenters. The number of aryl methyl sites for hydroxylation is 2. The molecule has 0 saturated heterocycles. The van der Waals surface area contributed by atoms with E-state index in [1.54, 1.807) is 11.8 Å². The second-order valence-corrected chi connectivity index (χ2v) is 4.46. The predicted molar refractivity (Wildman–Crippen MR) is 73.5 cm³/mol. The van der Waals surface area contributed by atoms with Gasteiger partial charge in [0.2, 0.25) is 0 Å². The van der Waals surface area contributed by atoms with Gasteiger partial charge in [0.1, 0.15) is 0 Å². The molecular formula is C13H19N5O. The molecule has 1 heterocycles. The molecule has 0 amide bonds. The van der Waals surface area contributed by atoms with Gasteiger partial charge in [0.05, 0.1) is 0 Å². The highest BCUT2D eigenvalue weighted by atomic mass is 16.5. The molecule has 0 aliphatic carbocycles. The number of benzene rings is 1. The lowest BCUT2D eigenvalue weighted by molar-refractivity contribution is 0.191. The van der Waals surface area contributed by atoms with E-state index in [1.165, 1.54) is 0 Å². The average molecular weight is 261 g/mol. The molecule has 0 radical (unpaired) electrons. The summed E-state index contributed by atoms with van der Waals surface area (Å²) in [4.78, 5) is 0. The summed E-state index contributed by atoms with van der Waals surface area (Å²) in [6, 6.07) is 5.89. The molecule has 19 heavy (non-hydrogen) atoms. The number of hydrogen-bond acceptors (Lipinski definition) is 5. The Bertz CT molecular complexity index is 538. The number of methoxy groups -OCH3 is 1. The number of anilines is 1. The van der Waals surface area contributed by atoms with Crippen LogP contribution in [0.1, 0.15) is 18.4 Å². The molecule has 102 valence electrons. The lowest BCUT2D eigenvalue weighted by Crippen LogP contribution is -2.06. The van der Waals surface area contributed by atoms with E-state index >= 15 is 0 Å². The third-order valence-electron chi connectivity index (χ3n) is 3.07. The van der Waals surface area contributed by atoms with E-state index in [-0.39, 0.29) is 0 Å². The maximum absolute atomic E-state index is 6.09. The van der Waals surface area contributed by atoms with Crippen LogP contribution in [0.3, 0.4) is 0 Å². The normalized spacial score (nSPS) is 10.8. The van der Waals surface area contributed by atoms with Crippen molar-refractivity contribution in [3.05, 3.63) is 23.8 Å². The van der Waals surface area contributed by atoms with Crippen molar-refractivity contribution in [3.63, 3.8) is 0 Å². The Hall–Kier alpha value is -1.95. The number of nitrogen functional groups attached to an aromatic ring is 1. The van der Waals surface area contributed by atoms with E-state index < -0.39 is 0 Å². The molecule has 2 rings (SSSR count). The van der Waals surface area contributed by atoms with Gasteiger partial charge >= 0.3 is 0 Å². The van der Waals surface area contributed by atoms with Crippen molar-refractivity contribution < 1.29 is 4.74 Å². The Morgan fingerprint density at radius 3 is 2.95 bits per heavy atom. The average Bonchev–Trinajstić information content (AvgIpc) is 2.86. The van der Waals surface area contributed by atoms with E-state index in [9.17, 15) is 0 Å². The number of para-hydroxylation sites is 1. The number of tetrazole rings is 1. The molecule has 0 spiro atoms. The van der Waals surface area contributed by atoms with Crippen molar-refractivity contribution in [3.8, 4) is 11.4 Å². The highest BCUT2D eigenvalue weighted by Gasteiger charge is 2.12. The van der Waals surface area contributed by atoms with E-state index in [1.807, 2.05) is 25.1 Å². The molecule has 0 saturated carbocycles. The summed E-state index contributed by atoms with van der Waals surface area (Å²) in [5.74, 6) is 0.721. The van der Waals surface area contributed by atoms with Gasteiger partial charge in [-0.05, 0) is 41.8 Å². The second-order valence-electron chi connectivity index (χ2n) is 4.46. The van der Waals surface area contributed by atoms with Gasteiger partial charge in [0.15, 0.2) is 5.82 Å². The molecule has 1 aromatic heterocycles. The van der Waals surface area contributed by atoms with Gasteiger partial charge in [-0.25, -0.2) is 4.68 Å². The Kier molecular flexibility index (Phi) is 4.46. The number of aromatic nitrogens is 4. The summed E-state index contributed by atoms with van der Waals surface area (Å²) in [6.07, 6.45) is 1.96. The molecule has 0 aliphatic rings. The third-order valence-corrected chi connectivity index (χ3v) is 3.07. The summed E-state index contributed by atoms with van der Waals surface area (Å²) < 4.78 is 6.82. The van der Waals surface area contributed by atoms with Crippen LogP contribution in [-0.2, 0) is 11.3 Å². The first-order chi connectivity index (χ1) is 9.24. The fourth-order valence-corrected chi connectivity index (χ4v) is 1.93. The Labute approximate surface area is 112 Å². The minimum absolute atomic E-state index is 0.721. The van der Waals surface area contributed by atoms with E-state index in [0.717, 1.165) is 48.6 Å². The second kappa shape index (κ2) is 6.29. The molecule has 0 unspecified atom stereocenters. The van der Waals surface area contributed by atoms with Gasteiger partial charge in [0, 0.05) is 31.5 Å². The largest absolute Gasteiger partial charge is 0.398 e. The van der Waals surface area contributed by atoms with Gasteiger partial charge in [-0.3, -0.25) is 0 Å². The highest BCUT2D eigenvalue weighted by Crippen LogP contribution is 2.26. The first kappa shape index (κ1) is 13.5. The number of rotatable bonds is 6. The predicted octanol–water partition coefficient (Wildman–Crippen LogP) is 1.66. The van der Waals surface area contributed by atoms with Crippen LogP contribution in [0.25, 0.3) is 11.4 Å². The molecule has 1 aromatic carbocycles. The minimum Gasteiger partial charge on any atom is -0.398 e. The van der Waals surface area contributed by atoms with Crippen molar-refractivity contribution in [2.24, 2.45) is 0 Å². The van der Waals surface area contributed by atoms with Crippen molar-refractivity contribution >= 4 is 5.69 Å². The van der Waals surface area contributed by atoms with Crippen molar-refractivity contribution in [1.82, 2.24) is 20.2 Å². The lowest BCUT2D eigenvalue weighted by atomic mass is 10.1. The lowest BCUT2D eigenvalue weighted by Gasteiger charge is -2.08. The van der Waals surface area contributed by atoms with Crippen LogP contribution >= 0.6 is 0 Å². The summed E-state index contributed by atoms with van der Waals surface area (Å²) in [6.45, 7) is 3.49. The fourth-order valence-electron chi connectivity index (χ4n) is 1.93. The van der Waals surface area contributed by atoms with Gasteiger partial charge in [-0.1, -0.05) is 12.1 Å². The minimum atomic E-state index is 0.721. The van der Waals surface area contributed by atoms with Crippen molar-refractivity contribution in [2.45, 2.75) is 26.3 Å². The van der Waals surface area contributed by atoms with Gasteiger partial charge in [0.25, 0.3) is 0 Å². The zero-order chi connectivity index (χ0) is 13.7. The Balaban J connectivity index is 2.17. The Morgan fingerprint density at radius 1 is 1.32 bits per heavy atom. The molecular weight excluding hydrogens is 242 g/mol. The standard InChI is InChI=1S/C13H19N5O/c1-10-6-5-7-11(12(10)14)13-15-16-17-18(13)8-3-4-9-19-2/h5-7H,3-4,8-9,14H2,1-2H3. The SMILES string of the molecule is COCCCCn1nnnc1-c1cccc(C)c1N. The summed E-state index contributed by atoms with van der Waals surface area (Å²) >= 11 is 0. The topological polar surface area (TPSA) is 78.8 Å². The number of unbranched alkanes of at least 4 members (excludes halogenated alkanes) is 1. The van der Waals surface area contributed by atoms with Crippen molar-refractivity contribution in [1.29, 1.82) is 0 Å². The molecule has 6 nitrogen and oxygen atoms in total. The molecule has 2 N–H and O–H groups in total. The molecule has 2 aromatic rings. The highest BCUT2D eigenvalue weighted by molar-refractivity contribution is 5.73. The smallest absolute Gasteiger partial charge is 0.184 e. The van der Waals surface area contributed by atoms with Crippen LogP contribution in [0.5, 0.6) is 0 Å². The number of nitrogens with two attached hydrogens (primary N) is 1. The maximum Gasteiger partial charge on any atom is 0.184 e. The van der Waals surface area contributed by atoms with Crippen LogP contribution in [0, 0.1) is 6.92 Å². The van der Waals surface area contributed by atoms with Gasteiger partial charge in [-0.15, -0.1) is 5.10 Å². The summed E-state index contributed by atoms with van der Waals surface area (Å²) in [7, 11) is 1.70. The quantitative estimate of drug-likeness (QED) is 0.632. The van der Waals surface area contributed by atoms with Crippen LogP contribution in [0.2, 0.25) is 0 Å². The number of ether oxygens (including phenoxy) is 1. The zero-order valence-corrected chi connectivity index (χ0v) is 11.3. The van der Waals surface area contributed by atoms with Crippen LogP contribution < -0.4 is 5.73 Å². The van der Waals surface area contributed by atoms with Gasteiger partial charge in [-0.2, -0.15) is 0 Å². The van der Waals surface area contributed by atoms with Crippen LogP contribution in [0.15, 0.2) is 18.2 Å². The summed E-state index contributed by atoms with van der Waals surface area (Å²) in [5.41, 5.74) is 8.74. The molecule has 0 aliphatic heterocycles. The fraction of sp³-hybridized carbons (Fsp3) is 0.462. The van der Waals surface area contributed by atoms with E-state index in [2.05, 4.69) is 15.5 Å². The first-order valence-corrected chi connectivity index (χ1v) is 6.34. The van der Waals surface area contributed by atoms with Crippen molar-refractivity contribution in [2.75, 3.05) is 19.5 Å². The maximum atomic E-state index is 6.09.